The molecule has 3 aliphatic heterocycles. The summed E-state index contributed by atoms with van der Waals surface area (Å²) >= 11 is 0. The second-order valence-corrected chi connectivity index (χ2v) is 22.7. The van der Waals surface area contributed by atoms with Gasteiger partial charge in [0.15, 0.2) is 12.6 Å². The van der Waals surface area contributed by atoms with Crippen LogP contribution in [-0.4, -0.2) is 191 Å². The van der Waals surface area contributed by atoms with Crippen molar-refractivity contribution in [1.82, 2.24) is 0 Å². The Balaban J connectivity index is 0.976. The highest BCUT2D eigenvalue weighted by molar-refractivity contribution is 5.79. The fourth-order valence-electron chi connectivity index (χ4n) is 14.7. The lowest BCUT2D eigenvalue weighted by Crippen LogP contribution is -2.66. The predicted molar refractivity (Wildman–Crippen MR) is 227 cm³/mol. The molecule has 378 valence electrons. The van der Waals surface area contributed by atoms with E-state index in [1.54, 1.807) is 6.92 Å². The number of aliphatic hydroxyl groups is 12. The van der Waals surface area contributed by atoms with Gasteiger partial charge in [-0.2, -0.15) is 0 Å². The number of carbonyl (C=O) groups excluding carboxylic acids is 1. The van der Waals surface area contributed by atoms with Crippen LogP contribution in [0.3, 0.4) is 0 Å². The highest BCUT2D eigenvalue weighted by atomic mass is 16.8. The van der Waals surface area contributed by atoms with Gasteiger partial charge in [-0.3, -0.25) is 4.79 Å². The molecular formula is C47H76O19. The maximum Gasteiger partial charge on any atom is 0.315 e. The van der Waals surface area contributed by atoms with Gasteiger partial charge < -0.3 is 89.7 Å². The van der Waals surface area contributed by atoms with E-state index >= 15 is 0 Å². The summed E-state index contributed by atoms with van der Waals surface area (Å²) in [7, 11) is 0. The summed E-state index contributed by atoms with van der Waals surface area (Å²) in [4.78, 5) is 14.9. The molecule has 0 aromatic carbocycles. The number of hydrogen-bond donors (Lipinski definition) is 12. The molecule has 0 bridgehead atoms. The second-order valence-electron chi connectivity index (χ2n) is 22.7. The Bertz CT molecular complexity index is 1800. The predicted octanol–water partition coefficient (Wildman–Crippen LogP) is -1.13. The largest absolute Gasteiger partial charge is 0.432 e. The number of esters is 1. The Kier molecular flexibility index (Phi) is 13.9. The van der Waals surface area contributed by atoms with Crippen LogP contribution in [0.2, 0.25) is 0 Å². The molecule has 0 unspecified atom stereocenters. The van der Waals surface area contributed by atoms with Crippen LogP contribution in [0.25, 0.3) is 0 Å². The second kappa shape index (κ2) is 18.0. The lowest BCUT2D eigenvalue weighted by atomic mass is 9.33. The van der Waals surface area contributed by atoms with Crippen LogP contribution in [0.5, 0.6) is 0 Å². The van der Waals surface area contributed by atoms with E-state index in [2.05, 4.69) is 26.8 Å². The van der Waals surface area contributed by atoms with Gasteiger partial charge in [0.2, 0.25) is 6.29 Å². The standard InChI is InChI=1S/C47H76O19/c1-21-29(51)31(53)34(56)39(62-21)65-37-24(18-48)63-38(36(58)33(37)55)61-19-25-30(52)32(54)35(57)40(64-25)66-41(59)47-15-13-42(2,60)17-23(47)22-7-8-27-43(3)11-10-28(50)44(4,20-49)26(43)9-12-46(27,6)45(22,5)14-16-47/h7,21,23-40,48-58,60H,8-20H2,1-6H3/t21-,23-,24+,25+,26+,27+,28-,29-,30+,31+,32-,33-,34+,35+,36+,37+,38+,39-,40-,42+,43+,44-,45+,46+,47-/m0/s1. The molecule has 8 aliphatic rings. The smallest absolute Gasteiger partial charge is 0.315 e. The van der Waals surface area contributed by atoms with E-state index in [9.17, 15) is 66.1 Å². The number of rotatable bonds is 9. The normalized spacial score (nSPS) is 56.2. The van der Waals surface area contributed by atoms with Crippen LogP contribution in [0, 0.1) is 44.8 Å². The average Bonchev–Trinajstić information content (AvgIpc) is 3.27. The summed E-state index contributed by atoms with van der Waals surface area (Å²) in [5, 5.41) is 130. The third kappa shape index (κ3) is 7.86. The summed E-state index contributed by atoms with van der Waals surface area (Å²) in [5.74, 6) is -0.737. The number of allylic oxidation sites excluding steroid dienone is 2. The summed E-state index contributed by atoms with van der Waals surface area (Å²) in [6.45, 7) is 10.7. The maximum absolute atomic E-state index is 14.9. The van der Waals surface area contributed by atoms with Crippen molar-refractivity contribution in [2.45, 2.75) is 210 Å². The van der Waals surface area contributed by atoms with E-state index in [0.29, 0.717) is 32.1 Å². The number of fused-ring (bicyclic) bond motifs is 7. The Hall–Kier alpha value is -1.47. The minimum atomic E-state index is -1.88. The van der Waals surface area contributed by atoms with E-state index < -0.39 is 140 Å². The highest BCUT2D eigenvalue weighted by Gasteiger charge is 2.70. The molecule has 3 saturated heterocycles. The molecule has 0 aromatic rings. The van der Waals surface area contributed by atoms with Crippen molar-refractivity contribution in [2.24, 2.45) is 44.8 Å². The summed E-state index contributed by atoms with van der Waals surface area (Å²) in [6, 6.07) is 0. The van der Waals surface area contributed by atoms with Gasteiger partial charge in [-0.05, 0) is 112 Å². The molecule has 19 nitrogen and oxygen atoms in total. The van der Waals surface area contributed by atoms with Crippen LogP contribution in [-0.2, 0) is 33.2 Å². The Morgan fingerprint density at radius 2 is 1.33 bits per heavy atom. The summed E-state index contributed by atoms with van der Waals surface area (Å²) in [5.41, 5.74) is -2.43. The van der Waals surface area contributed by atoms with Gasteiger partial charge in [0, 0.05) is 5.41 Å². The Morgan fingerprint density at radius 1 is 0.697 bits per heavy atom. The van der Waals surface area contributed by atoms with Crippen LogP contribution in [0.1, 0.15) is 106 Å². The molecular weight excluding hydrogens is 868 g/mol. The molecule has 7 fully saturated rings. The molecule has 3 heterocycles. The molecule has 0 amide bonds. The highest BCUT2D eigenvalue weighted by Crippen LogP contribution is 2.75. The Labute approximate surface area is 385 Å². The number of carbonyl (C=O) groups is 1. The molecule has 8 rings (SSSR count). The third-order valence-corrected chi connectivity index (χ3v) is 19.1. The minimum Gasteiger partial charge on any atom is -0.432 e. The first-order valence-electron chi connectivity index (χ1n) is 24.1. The SMILES string of the molecule is C[C@@H]1O[C@@H](O[C@H]2[C@@H](O)[C@@H](O)[C@H](OC[C@H]3O[C@@H](OC(=O)[C@]45CC[C@@](C)(O)C[C@H]4C4=CC[C@@H]6[C@]7(C)CC[C@H](O)[C@@](C)(CO)[C@@H]7CC[C@@]6(C)[C@]4(C)CC5)[C@H](O)[C@@H](O)[C@@H]3O)O[C@@H]2CO)[C@H](O)[C@H](O)[C@H]1O. The van der Waals surface area contributed by atoms with Crippen LogP contribution in [0.15, 0.2) is 11.6 Å². The van der Waals surface area contributed by atoms with E-state index in [1.165, 1.54) is 6.92 Å². The zero-order valence-corrected chi connectivity index (χ0v) is 39.0. The van der Waals surface area contributed by atoms with Crippen LogP contribution >= 0.6 is 0 Å². The number of hydrogen-bond acceptors (Lipinski definition) is 19. The van der Waals surface area contributed by atoms with E-state index in [0.717, 1.165) is 31.3 Å². The van der Waals surface area contributed by atoms with Crippen LogP contribution < -0.4 is 0 Å². The van der Waals surface area contributed by atoms with E-state index in [-0.39, 0.29) is 41.1 Å². The van der Waals surface area contributed by atoms with Crippen molar-refractivity contribution in [2.75, 3.05) is 19.8 Å². The molecule has 25 atom stereocenters. The molecule has 0 aromatic heterocycles. The Morgan fingerprint density at radius 3 is 2.02 bits per heavy atom. The maximum atomic E-state index is 14.9. The van der Waals surface area contributed by atoms with Crippen LogP contribution in [0.4, 0.5) is 0 Å². The minimum absolute atomic E-state index is 0.0877. The molecule has 12 N–H and O–H groups in total. The fraction of sp³-hybridized carbons (Fsp3) is 0.936. The third-order valence-electron chi connectivity index (χ3n) is 19.1. The molecule has 5 aliphatic carbocycles. The zero-order valence-electron chi connectivity index (χ0n) is 39.0. The topological polar surface area (TPSA) is 315 Å². The number of aliphatic hydroxyl groups excluding tert-OH is 11. The summed E-state index contributed by atoms with van der Waals surface area (Å²) in [6.07, 6.45) is -17.0. The van der Waals surface area contributed by atoms with Gasteiger partial charge in [-0.15, -0.1) is 0 Å². The van der Waals surface area contributed by atoms with Gasteiger partial charge in [0.25, 0.3) is 0 Å². The molecule has 4 saturated carbocycles. The van der Waals surface area contributed by atoms with Gasteiger partial charge in [0.1, 0.15) is 67.1 Å². The van der Waals surface area contributed by atoms with Gasteiger partial charge >= 0.3 is 5.97 Å². The molecule has 0 radical (unpaired) electrons. The molecule has 19 heteroatoms. The van der Waals surface area contributed by atoms with E-state index in [4.69, 9.17) is 28.4 Å². The summed E-state index contributed by atoms with van der Waals surface area (Å²) < 4.78 is 34.5. The molecule has 66 heavy (non-hydrogen) atoms. The van der Waals surface area contributed by atoms with Gasteiger partial charge in [-0.25, -0.2) is 0 Å². The first-order valence-corrected chi connectivity index (χ1v) is 24.1. The zero-order chi connectivity index (χ0) is 48.3. The van der Waals surface area contributed by atoms with Crippen molar-refractivity contribution in [3.05, 3.63) is 11.6 Å². The fourth-order valence-corrected chi connectivity index (χ4v) is 14.7. The van der Waals surface area contributed by atoms with Gasteiger partial charge in [-0.1, -0.05) is 39.3 Å². The average molecular weight is 945 g/mol. The van der Waals surface area contributed by atoms with Crippen molar-refractivity contribution in [3.8, 4) is 0 Å². The molecule has 0 spiro atoms. The van der Waals surface area contributed by atoms with Gasteiger partial charge in [0.05, 0.1) is 43.0 Å². The first-order chi connectivity index (χ1) is 30.8. The number of ether oxygens (including phenoxy) is 6. The lowest BCUT2D eigenvalue weighted by Gasteiger charge is -2.71. The monoisotopic (exact) mass is 944 g/mol. The van der Waals surface area contributed by atoms with Crippen molar-refractivity contribution in [3.63, 3.8) is 0 Å². The van der Waals surface area contributed by atoms with Crippen molar-refractivity contribution < 1.29 is 94.5 Å². The quantitative estimate of drug-likeness (QED) is 0.0961. The first kappa shape index (κ1) is 50.9. The van der Waals surface area contributed by atoms with Crippen molar-refractivity contribution in [1.29, 1.82) is 0 Å². The lowest BCUT2D eigenvalue weighted by molar-refractivity contribution is -0.361. The van der Waals surface area contributed by atoms with Crippen molar-refractivity contribution >= 4 is 5.97 Å². The van der Waals surface area contributed by atoms with E-state index in [1.807, 2.05) is 6.92 Å².